The van der Waals surface area contributed by atoms with Crippen molar-refractivity contribution in [3.05, 3.63) is 34.4 Å². The van der Waals surface area contributed by atoms with Crippen LogP contribution in [-0.4, -0.2) is 13.1 Å². The molecule has 0 amide bonds. The molecule has 0 heterocycles. The van der Waals surface area contributed by atoms with E-state index in [1.807, 2.05) is 0 Å². The fourth-order valence-electron chi connectivity index (χ4n) is 1.42. The second-order valence-electron chi connectivity index (χ2n) is 3.39. The molecule has 0 aromatic heterocycles. The highest BCUT2D eigenvalue weighted by Crippen LogP contribution is 2.36. The summed E-state index contributed by atoms with van der Waals surface area (Å²) in [4.78, 5) is 11.3. The molecule has 1 aromatic carbocycles. The van der Waals surface area contributed by atoms with Gasteiger partial charge in [0, 0.05) is 5.56 Å². The molecule has 0 bridgehead atoms. The normalized spacial score (nSPS) is 11.3. The van der Waals surface area contributed by atoms with Crippen LogP contribution < -0.4 is 0 Å². The quantitative estimate of drug-likeness (QED) is 0.616. The third-order valence-electron chi connectivity index (χ3n) is 2.23. The van der Waals surface area contributed by atoms with Crippen molar-refractivity contribution in [2.45, 2.75) is 12.6 Å². The molecular weight excluding hydrogens is 273 g/mol. The van der Waals surface area contributed by atoms with Gasteiger partial charge in [0.2, 0.25) is 0 Å². The van der Waals surface area contributed by atoms with E-state index in [9.17, 15) is 26.7 Å². The van der Waals surface area contributed by atoms with E-state index in [2.05, 4.69) is 4.74 Å². The number of carbonyl (C=O) groups excluding carboxylic acids is 1. The molecule has 0 saturated carbocycles. The van der Waals surface area contributed by atoms with Gasteiger partial charge in [-0.05, 0) is 12.1 Å². The molecule has 3 nitrogen and oxygen atoms in total. The number of hydrogen-bond acceptors (Lipinski definition) is 3. The second kappa shape index (κ2) is 5.22. The zero-order valence-corrected chi connectivity index (χ0v) is 9.39. The van der Waals surface area contributed by atoms with Gasteiger partial charge in [0.25, 0.3) is 6.43 Å². The first-order chi connectivity index (χ1) is 8.72. The molecule has 19 heavy (non-hydrogen) atoms. The molecule has 8 heteroatoms. The number of rotatable bonds is 2. The number of alkyl halides is 5. The van der Waals surface area contributed by atoms with Crippen LogP contribution >= 0.6 is 0 Å². The summed E-state index contributed by atoms with van der Waals surface area (Å²) in [6.07, 6.45) is -8.25. The molecule has 1 aromatic rings. The van der Waals surface area contributed by atoms with E-state index in [0.29, 0.717) is 6.07 Å². The average Bonchev–Trinajstić information content (AvgIpc) is 2.34. The van der Waals surface area contributed by atoms with Gasteiger partial charge in [-0.1, -0.05) is 0 Å². The SMILES string of the molecule is COC(=O)c1c(C#N)cc(C(F)F)cc1C(F)(F)F. The van der Waals surface area contributed by atoms with Crippen LogP contribution in [0, 0.1) is 11.3 Å². The summed E-state index contributed by atoms with van der Waals surface area (Å²) in [5, 5.41) is 8.69. The Balaban J connectivity index is 3.69. The fourth-order valence-corrected chi connectivity index (χ4v) is 1.42. The van der Waals surface area contributed by atoms with E-state index in [4.69, 9.17) is 5.26 Å². The Morgan fingerprint density at radius 2 is 1.95 bits per heavy atom. The highest BCUT2D eigenvalue weighted by atomic mass is 19.4. The molecule has 0 aliphatic rings. The van der Waals surface area contributed by atoms with Crippen LogP contribution in [0.1, 0.15) is 33.5 Å². The molecule has 0 saturated heterocycles. The van der Waals surface area contributed by atoms with Crippen molar-refractivity contribution in [2.24, 2.45) is 0 Å². The molecule has 0 unspecified atom stereocenters. The van der Waals surface area contributed by atoms with E-state index in [1.165, 1.54) is 6.07 Å². The highest BCUT2D eigenvalue weighted by molar-refractivity contribution is 5.94. The van der Waals surface area contributed by atoms with Gasteiger partial charge < -0.3 is 4.74 Å². The lowest BCUT2D eigenvalue weighted by molar-refractivity contribution is -0.138. The summed E-state index contributed by atoms with van der Waals surface area (Å²) >= 11 is 0. The van der Waals surface area contributed by atoms with Crippen molar-refractivity contribution in [1.82, 2.24) is 0 Å². The van der Waals surface area contributed by atoms with Crippen LogP contribution in [0.4, 0.5) is 22.0 Å². The molecular formula is C11H6F5NO2. The minimum Gasteiger partial charge on any atom is -0.465 e. The Labute approximate surface area is 104 Å². The number of benzene rings is 1. The van der Waals surface area contributed by atoms with Crippen molar-refractivity contribution in [3.8, 4) is 6.07 Å². The first kappa shape index (κ1) is 14.9. The maximum absolute atomic E-state index is 12.7. The summed E-state index contributed by atoms with van der Waals surface area (Å²) in [6, 6.07) is 1.95. The van der Waals surface area contributed by atoms with Crippen LogP contribution in [0.25, 0.3) is 0 Å². The van der Waals surface area contributed by atoms with Gasteiger partial charge in [0.15, 0.2) is 0 Å². The van der Waals surface area contributed by atoms with E-state index in [-0.39, 0.29) is 6.07 Å². The summed E-state index contributed by atoms with van der Waals surface area (Å²) in [6.45, 7) is 0. The lowest BCUT2D eigenvalue weighted by Crippen LogP contribution is -2.17. The summed E-state index contributed by atoms with van der Waals surface area (Å²) in [7, 11) is 0.824. The number of hydrogen-bond donors (Lipinski definition) is 0. The van der Waals surface area contributed by atoms with Gasteiger partial charge >= 0.3 is 12.1 Å². The highest BCUT2D eigenvalue weighted by Gasteiger charge is 2.38. The smallest absolute Gasteiger partial charge is 0.417 e. The van der Waals surface area contributed by atoms with Crippen LogP contribution in [-0.2, 0) is 10.9 Å². The predicted molar refractivity (Wildman–Crippen MR) is 52.5 cm³/mol. The number of methoxy groups -OCH3 is 1. The van der Waals surface area contributed by atoms with Crippen molar-refractivity contribution in [3.63, 3.8) is 0 Å². The van der Waals surface area contributed by atoms with Gasteiger partial charge in [-0.2, -0.15) is 18.4 Å². The van der Waals surface area contributed by atoms with Gasteiger partial charge in [0.05, 0.1) is 23.8 Å². The molecule has 0 atom stereocenters. The summed E-state index contributed by atoms with van der Waals surface area (Å²) < 4.78 is 67.3. The largest absolute Gasteiger partial charge is 0.465 e. The minimum atomic E-state index is -5.06. The summed E-state index contributed by atoms with van der Waals surface area (Å²) in [5.74, 6) is -1.41. The Bertz CT molecular complexity index is 545. The lowest BCUT2D eigenvalue weighted by Gasteiger charge is -2.14. The third-order valence-corrected chi connectivity index (χ3v) is 2.23. The maximum Gasteiger partial charge on any atom is 0.417 e. The number of halogens is 5. The number of carbonyl (C=O) groups is 1. The maximum atomic E-state index is 12.7. The van der Waals surface area contributed by atoms with Gasteiger partial charge in [-0.15, -0.1) is 0 Å². The van der Waals surface area contributed by atoms with Crippen LogP contribution in [0.15, 0.2) is 12.1 Å². The number of nitriles is 1. The van der Waals surface area contributed by atoms with Crippen LogP contribution in [0.5, 0.6) is 0 Å². The molecule has 0 N–H and O–H groups in total. The molecule has 0 spiro atoms. The first-order valence-electron chi connectivity index (χ1n) is 4.74. The van der Waals surface area contributed by atoms with E-state index in [1.54, 1.807) is 0 Å². The third kappa shape index (κ3) is 2.99. The lowest BCUT2D eigenvalue weighted by atomic mass is 9.97. The van der Waals surface area contributed by atoms with Crippen molar-refractivity contribution in [1.29, 1.82) is 5.26 Å². The van der Waals surface area contributed by atoms with E-state index < -0.39 is 40.8 Å². The van der Waals surface area contributed by atoms with Crippen LogP contribution in [0.2, 0.25) is 0 Å². The molecule has 102 valence electrons. The first-order valence-corrected chi connectivity index (χ1v) is 4.74. The monoisotopic (exact) mass is 279 g/mol. The molecule has 0 radical (unpaired) electrons. The van der Waals surface area contributed by atoms with E-state index in [0.717, 1.165) is 7.11 Å². The zero-order valence-electron chi connectivity index (χ0n) is 9.39. The van der Waals surface area contributed by atoms with Gasteiger partial charge in [-0.3, -0.25) is 0 Å². The Morgan fingerprint density at radius 1 is 1.37 bits per heavy atom. The summed E-state index contributed by atoms with van der Waals surface area (Å²) in [5.41, 5.74) is -4.48. The Hall–Kier alpha value is -2.17. The molecule has 1 rings (SSSR count). The predicted octanol–water partition coefficient (Wildman–Crippen LogP) is 3.30. The number of esters is 1. The minimum absolute atomic E-state index is 0.137. The van der Waals surface area contributed by atoms with Gasteiger partial charge in [-0.25, -0.2) is 13.6 Å². The van der Waals surface area contributed by atoms with Crippen molar-refractivity contribution < 1.29 is 31.5 Å². The van der Waals surface area contributed by atoms with E-state index >= 15 is 0 Å². The van der Waals surface area contributed by atoms with Crippen molar-refractivity contribution >= 4 is 5.97 Å². The standard InChI is InChI=1S/C11H6F5NO2/c1-19-10(18)8-6(4-17)2-5(9(12)13)3-7(8)11(14,15)16/h2-3,9H,1H3. The Kier molecular flexibility index (Phi) is 4.09. The second-order valence-corrected chi connectivity index (χ2v) is 3.39. The Morgan fingerprint density at radius 3 is 2.32 bits per heavy atom. The molecule has 0 fully saturated rings. The average molecular weight is 279 g/mol. The number of ether oxygens (including phenoxy) is 1. The van der Waals surface area contributed by atoms with Crippen LogP contribution in [0.3, 0.4) is 0 Å². The topological polar surface area (TPSA) is 50.1 Å². The number of nitrogens with zero attached hydrogens (tertiary/aromatic N) is 1. The molecule has 0 aliphatic carbocycles. The molecule has 0 aliphatic heterocycles. The fraction of sp³-hybridized carbons (Fsp3) is 0.273. The zero-order chi connectivity index (χ0) is 14.8. The van der Waals surface area contributed by atoms with Crippen molar-refractivity contribution in [2.75, 3.05) is 7.11 Å². The van der Waals surface area contributed by atoms with Gasteiger partial charge in [0.1, 0.15) is 6.07 Å².